The third-order valence-electron chi connectivity index (χ3n) is 4.56. The van der Waals surface area contributed by atoms with E-state index in [-0.39, 0.29) is 0 Å². The van der Waals surface area contributed by atoms with Gasteiger partial charge in [0, 0.05) is 18.0 Å². The first-order valence-corrected chi connectivity index (χ1v) is 10.4. The van der Waals surface area contributed by atoms with Crippen LogP contribution < -0.4 is 5.32 Å². The minimum atomic E-state index is -2.72. The highest BCUT2D eigenvalue weighted by Gasteiger charge is 2.16. The van der Waals surface area contributed by atoms with Crippen molar-refractivity contribution < 1.29 is 8.78 Å². The van der Waals surface area contributed by atoms with Crippen LogP contribution in [0.3, 0.4) is 0 Å². The Morgan fingerprint density at radius 1 is 1.13 bits per heavy atom. The predicted molar refractivity (Wildman–Crippen MR) is 117 cm³/mol. The molecule has 0 aliphatic carbocycles. The van der Waals surface area contributed by atoms with E-state index in [4.69, 9.17) is 23.2 Å². The largest absolute Gasteiger partial charge is 0.360 e. The first-order chi connectivity index (χ1) is 14.9. The molecule has 13 heteroatoms. The zero-order valence-electron chi connectivity index (χ0n) is 15.3. The fourth-order valence-corrected chi connectivity index (χ4v) is 3.88. The van der Waals surface area contributed by atoms with E-state index in [0.29, 0.717) is 59.9 Å². The molecule has 0 fully saturated rings. The summed E-state index contributed by atoms with van der Waals surface area (Å²) in [7, 11) is 0. The Morgan fingerprint density at radius 2 is 1.94 bits per heavy atom. The van der Waals surface area contributed by atoms with E-state index < -0.39 is 6.55 Å². The number of alkyl halides is 2. The van der Waals surface area contributed by atoms with E-state index >= 15 is 0 Å². The molecule has 0 bridgehead atoms. The van der Waals surface area contributed by atoms with E-state index in [0.717, 1.165) is 5.52 Å². The predicted octanol–water partition coefficient (Wildman–Crippen LogP) is 5.55. The van der Waals surface area contributed by atoms with Gasteiger partial charge in [-0.15, -0.1) is 0 Å². The van der Waals surface area contributed by atoms with Crippen LogP contribution in [0.25, 0.3) is 27.9 Å². The van der Waals surface area contributed by atoms with Crippen molar-refractivity contribution in [3.05, 3.63) is 57.4 Å². The number of nitrogens with zero attached hydrogens (tertiary/aromatic N) is 6. The minimum absolute atomic E-state index is 0.328. The van der Waals surface area contributed by atoms with Crippen molar-refractivity contribution in [2.75, 3.05) is 5.32 Å². The summed E-state index contributed by atoms with van der Waals surface area (Å²) in [5.41, 5.74) is 3.07. The average Bonchev–Trinajstić information content (AvgIpc) is 3.44. The fourth-order valence-electron chi connectivity index (χ4n) is 3.18. The summed E-state index contributed by atoms with van der Waals surface area (Å²) >= 11 is 15.5. The van der Waals surface area contributed by atoms with Gasteiger partial charge < -0.3 is 10.3 Å². The third-order valence-corrected chi connectivity index (χ3v) is 5.66. The second kappa shape index (κ2) is 7.74. The number of aromatic nitrogens is 7. The van der Waals surface area contributed by atoms with Crippen LogP contribution in [-0.4, -0.2) is 34.1 Å². The first kappa shape index (κ1) is 20.2. The topological polar surface area (TPSA) is 88.7 Å². The number of anilines is 1. The number of aromatic amines is 1. The Bertz CT molecular complexity index is 1390. The van der Waals surface area contributed by atoms with Gasteiger partial charge in [-0.25, -0.2) is 19.6 Å². The summed E-state index contributed by atoms with van der Waals surface area (Å²) in [6, 6.07) is 3.40. The number of rotatable bonds is 5. The van der Waals surface area contributed by atoms with Gasteiger partial charge in [0.2, 0.25) is 0 Å². The average molecular weight is 528 g/mol. The van der Waals surface area contributed by atoms with Crippen molar-refractivity contribution in [1.29, 1.82) is 0 Å². The van der Waals surface area contributed by atoms with Gasteiger partial charge in [0.05, 0.1) is 45.7 Å². The maximum absolute atomic E-state index is 12.9. The van der Waals surface area contributed by atoms with E-state index in [9.17, 15) is 8.78 Å². The van der Waals surface area contributed by atoms with Crippen LogP contribution >= 0.6 is 39.1 Å². The molecule has 4 heterocycles. The zero-order valence-corrected chi connectivity index (χ0v) is 18.4. The van der Waals surface area contributed by atoms with Crippen LogP contribution in [0.2, 0.25) is 10.0 Å². The van der Waals surface area contributed by atoms with Crippen molar-refractivity contribution in [3.8, 4) is 11.3 Å². The van der Waals surface area contributed by atoms with Crippen molar-refractivity contribution in [1.82, 2.24) is 34.1 Å². The molecule has 0 unspecified atom stereocenters. The van der Waals surface area contributed by atoms with Gasteiger partial charge in [0.1, 0.15) is 10.4 Å². The maximum atomic E-state index is 12.9. The van der Waals surface area contributed by atoms with Gasteiger partial charge >= 0.3 is 6.55 Å². The summed E-state index contributed by atoms with van der Waals surface area (Å²) in [6.07, 6.45) is 5.91. The SMILES string of the molecule is FC(F)n1cc(-c2cnc3c(NCc4nc5cc(Cl)c(Cl)cc5[nH]4)nc(Br)cn23)cn1. The number of fused-ring (bicyclic) bond motifs is 2. The number of benzene rings is 1. The summed E-state index contributed by atoms with van der Waals surface area (Å²) < 4.78 is 28.6. The Hall–Kier alpha value is -2.76. The van der Waals surface area contributed by atoms with Crippen LogP contribution in [0, 0.1) is 0 Å². The molecule has 5 rings (SSSR count). The van der Waals surface area contributed by atoms with Crippen LogP contribution in [0.5, 0.6) is 0 Å². The fraction of sp³-hybridized carbons (Fsp3) is 0.111. The quantitative estimate of drug-likeness (QED) is 0.313. The lowest BCUT2D eigenvalue weighted by atomic mass is 10.3. The smallest absolute Gasteiger partial charge is 0.333 e. The molecule has 5 aromatic rings. The third kappa shape index (κ3) is 3.73. The molecule has 8 nitrogen and oxygen atoms in total. The second-order valence-corrected chi connectivity index (χ2v) is 8.18. The second-order valence-electron chi connectivity index (χ2n) is 6.56. The molecule has 0 saturated carbocycles. The summed E-state index contributed by atoms with van der Waals surface area (Å²) in [5, 5.41) is 7.75. The molecule has 2 N–H and O–H groups in total. The van der Waals surface area contributed by atoms with Crippen LogP contribution in [0.4, 0.5) is 14.6 Å². The molecule has 158 valence electrons. The number of hydrogen-bond donors (Lipinski definition) is 2. The van der Waals surface area contributed by atoms with Gasteiger partial charge in [-0.05, 0) is 28.1 Å². The summed E-state index contributed by atoms with van der Waals surface area (Å²) in [5.74, 6) is 1.14. The Kier molecular flexibility index (Phi) is 5.03. The molecule has 31 heavy (non-hydrogen) atoms. The highest BCUT2D eigenvalue weighted by molar-refractivity contribution is 9.10. The lowest BCUT2D eigenvalue weighted by molar-refractivity contribution is 0.0566. The van der Waals surface area contributed by atoms with Crippen molar-refractivity contribution in [2.24, 2.45) is 0 Å². The van der Waals surface area contributed by atoms with E-state index in [2.05, 4.69) is 46.3 Å². The van der Waals surface area contributed by atoms with Crippen molar-refractivity contribution in [3.63, 3.8) is 0 Å². The van der Waals surface area contributed by atoms with Crippen molar-refractivity contribution >= 4 is 61.6 Å². The molecule has 0 aliphatic rings. The molecule has 0 amide bonds. The van der Waals surface area contributed by atoms with E-state index in [1.54, 1.807) is 28.9 Å². The van der Waals surface area contributed by atoms with Crippen LogP contribution in [-0.2, 0) is 6.54 Å². The van der Waals surface area contributed by atoms with Gasteiger partial charge in [0.25, 0.3) is 0 Å². The molecule has 4 aromatic heterocycles. The summed E-state index contributed by atoms with van der Waals surface area (Å²) in [4.78, 5) is 16.5. The Balaban J connectivity index is 1.47. The highest BCUT2D eigenvalue weighted by Crippen LogP contribution is 2.28. The minimum Gasteiger partial charge on any atom is -0.360 e. The number of imidazole rings is 2. The molecule has 0 aliphatic heterocycles. The van der Waals surface area contributed by atoms with Gasteiger partial charge in [-0.1, -0.05) is 23.2 Å². The van der Waals surface area contributed by atoms with Crippen molar-refractivity contribution in [2.45, 2.75) is 13.1 Å². The molecular weight excluding hydrogens is 517 g/mol. The molecular formula is C18H11BrCl2F2N8. The molecule has 0 radical (unpaired) electrons. The Labute approximate surface area is 191 Å². The van der Waals surface area contributed by atoms with Crippen LogP contribution in [0.1, 0.15) is 12.4 Å². The highest BCUT2D eigenvalue weighted by atomic mass is 79.9. The lowest BCUT2D eigenvalue weighted by Crippen LogP contribution is -2.06. The van der Waals surface area contributed by atoms with Crippen LogP contribution in [0.15, 0.2) is 41.5 Å². The number of H-pyrrole nitrogens is 1. The Morgan fingerprint density at radius 3 is 2.71 bits per heavy atom. The van der Waals surface area contributed by atoms with E-state index in [1.807, 2.05) is 0 Å². The zero-order chi connectivity index (χ0) is 21.7. The molecule has 0 spiro atoms. The monoisotopic (exact) mass is 526 g/mol. The standard InChI is InChI=1S/C18H11BrCl2F2N8/c19-14-7-30-13(8-3-26-31(6-8)18(22)23)4-25-17(30)16(29-14)24-5-15-27-11-1-9(20)10(21)2-12(11)28-15/h1-4,6-7,18H,5H2,(H,24,29)(H,27,28). The normalized spacial score (nSPS) is 11.8. The van der Waals surface area contributed by atoms with Gasteiger partial charge in [-0.2, -0.15) is 13.9 Å². The number of hydrogen-bond acceptors (Lipinski definition) is 5. The maximum Gasteiger partial charge on any atom is 0.333 e. The lowest BCUT2D eigenvalue weighted by Gasteiger charge is -2.07. The first-order valence-electron chi connectivity index (χ1n) is 8.83. The molecule has 0 saturated heterocycles. The van der Waals surface area contributed by atoms with Gasteiger partial charge in [-0.3, -0.25) is 4.40 Å². The number of halogens is 5. The number of nitrogens with one attached hydrogen (secondary N) is 2. The van der Waals surface area contributed by atoms with E-state index in [1.165, 1.54) is 12.4 Å². The molecule has 0 atom stereocenters. The molecule has 1 aromatic carbocycles. The summed E-state index contributed by atoms with van der Waals surface area (Å²) in [6.45, 7) is -2.39. The van der Waals surface area contributed by atoms with Gasteiger partial charge in [0.15, 0.2) is 11.5 Å².